The van der Waals surface area contributed by atoms with Gasteiger partial charge in [0.15, 0.2) is 0 Å². The van der Waals surface area contributed by atoms with Crippen molar-refractivity contribution in [2.45, 2.75) is 63.5 Å². The van der Waals surface area contributed by atoms with Crippen LogP contribution in [-0.4, -0.2) is 48.1 Å². The number of thiophene rings is 1. The molecule has 138 valence electrons. The molecule has 1 aliphatic heterocycles. The van der Waals surface area contributed by atoms with Crippen molar-refractivity contribution in [3.63, 3.8) is 0 Å². The molecule has 4 rings (SSSR count). The van der Waals surface area contributed by atoms with Crippen LogP contribution in [0.5, 0.6) is 0 Å². The first kappa shape index (κ1) is 17.3. The number of nitrogens with one attached hydrogen (secondary N) is 1. The van der Waals surface area contributed by atoms with Gasteiger partial charge in [-0.15, -0.1) is 11.3 Å². The van der Waals surface area contributed by atoms with E-state index in [-0.39, 0.29) is 12.1 Å². The highest BCUT2D eigenvalue weighted by molar-refractivity contribution is 7.10. The summed E-state index contributed by atoms with van der Waals surface area (Å²) in [6.07, 6.45) is 10.6. The SMILES string of the molecule is O=C(NC(c1cccs1)C1CCCC1)N1CCN(C2CCCC2)CC1. The molecule has 4 nitrogen and oxygen atoms in total. The van der Waals surface area contributed by atoms with Gasteiger partial charge in [0, 0.05) is 37.1 Å². The predicted molar refractivity (Wildman–Crippen MR) is 103 cm³/mol. The van der Waals surface area contributed by atoms with Crippen LogP contribution in [0, 0.1) is 5.92 Å². The van der Waals surface area contributed by atoms with Gasteiger partial charge in [-0.2, -0.15) is 0 Å². The van der Waals surface area contributed by atoms with E-state index in [2.05, 4.69) is 27.7 Å². The average Bonchev–Trinajstić information content (AvgIpc) is 3.43. The molecular weight excluding hydrogens is 330 g/mol. The highest BCUT2D eigenvalue weighted by Gasteiger charge is 2.32. The fourth-order valence-corrected chi connectivity index (χ4v) is 5.83. The van der Waals surface area contributed by atoms with Crippen molar-refractivity contribution >= 4 is 17.4 Å². The summed E-state index contributed by atoms with van der Waals surface area (Å²) in [7, 11) is 0. The molecule has 1 unspecified atom stereocenters. The van der Waals surface area contributed by atoms with Crippen LogP contribution in [0.4, 0.5) is 4.79 Å². The number of hydrogen-bond acceptors (Lipinski definition) is 3. The van der Waals surface area contributed by atoms with Crippen LogP contribution in [0.1, 0.15) is 62.3 Å². The van der Waals surface area contributed by atoms with Gasteiger partial charge in [-0.1, -0.05) is 31.7 Å². The first-order valence-electron chi connectivity index (χ1n) is 10.1. The average molecular weight is 362 g/mol. The van der Waals surface area contributed by atoms with Gasteiger partial charge in [0.2, 0.25) is 0 Å². The van der Waals surface area contributed by atoms with E-state index >= 15 is 0 Å². The molecule has 2 heterocycles. The van der Waals surface area contributed by atoms with Gasteiger partial charge in [-0.3, -0.25) is 4.90 Å². The summed E-state index contributed by atoms with van der Waals surface area (Å²) in [5.41, 5.74) is 0. The molecule has 2 amide bonds. The zero-order chi connectivity index (χ0) is 17.1. The monoisotopic (exact) mass is 361 g/mol. The summed E-state index contributed by atoms with van der Waals surface area (Å²) < 4.78 is 0. The van der Waals surface area contributed by atoms with Crippen LogP contribution in [0.2, 0.25) is 0 Å². The van der Waals surface area contributed by atoms with Gasteiger partial charge < -0.3 is 10.2 Å². The Morgan fingerprint density at radius 1 is 1.04 bits per heavy atom. The van der Waals surface area contributed by atoms with Crippen molar-refractivity contribution in [3.05, 3.63) is 22.4 Å². The number of carbonyl (C=O) groups excluding carboxylic acids is 1. The molecule has 2 aliphatic carbocycles. The topological polar surface area (TPSA) is 35.6 Å². The van der Waals surface area contributed by atoms with E-state index in [9.17, 15) is 4.79 Å². The van der Waals surface area contributed by atoms with E-state index in [1.807, 2.05) is 4.90 Å². The standard InChI is InChI=1S/C20H31N3OS/c24-20(23-13-11-22(12-14-23)17-8-3-4-9-17)21-19(16-6-1-2-7-16)18-10-5-15-25-18/h5,10,15-17,19H,1-4,6-9,11-14H2,(H,21,24). The molecule has 1 atom stereocenters. The molecule has 0 radical (unpaired) electrons. The summed E-state index contributed by atoms with van der Waals surface area (Å²) >= 11 is 1.78. The molecule has 1 aromatic heterocycles. The minimum Gasteiger partial charge on any atom is -0.330 e. The maximum Gasteiger partial charge on any atom is 0.318 e. The summed E-state index contributed by atoms with van der Waals surface area (Å²) in [6, 6.07) is 5.43. The van der Waals surface area contributed by atoms with E-state index in [1.54, 1.807) is 11.3 Å². The van der Waals surface area contributed by atoms with E-state index in [4.69, 9.17) is 0 Å². The predicted octanol–water partition coefficient (Wildman–Crippen LogP) is 4.25. The maximum absolute atomic E-state index is 12.9. The Morgan fingerprint density at radius 3 is 2.36 bits per heavy atom. The van der Waals surface area contributed by atoms with Gasteiger partial charge in [-0.25, -0.2) is 4.79 Å². The lowest BCUT2D eigenvalue weighted by Crippen LogP contribution is -2.54. The number of urea groups is 1. The Morgan fingerprint density at radius 2 is 1.72 bits per heavy atom. The minimum absolute atomic E-state index is 0.149. The lowest BCUT2D eigenvalue weighted by molar-refractivity contribution is 0.107. The van der Waals surface area contributed by atoms with Gasteiger partial charge in [0.25, 0.3) is 0 Å². The van der Waals surface area contributed by atoms with Crippen LogP contribution < -0.4 is 5.32 Å². The summed E-state index contributed by atoms with van der Waals surface area (Å²) in [4.78, 5) is 18.9. The third kappa shape index (κ3) is 4.03. The second kappa shape index (κ2) is 8.09. The largest absolute Gasteiger partial charge is 0.330 e. The van der Waals surface area contributed by atoms with E-state index in [1.165, 1.54) is 56.2 Å². The van der Waals surface area contributed by atoms with Gasteiger partial charge in [0.05, 0.1) is 6.04 Å². The molecule has 5 heteroatoms. The molecule has 3 aliphatic rings. The quantitative estimate of drug-likeness (QED) is 0.870. The smallest absolute Gasteiger partial charge is 0.318 e. The Hall–Kier alpha value is -1.07. The summed E-state index contributed by atoms with van der Waals surface area (Å²) in [5, 5.41) is 5.52. The van der Waals surface area contributed by atoms with Crippen molar-refractivity contribution in [1.29, 1.82) is 0 Å². The minimum atomic E-state index is 0.149. The van der Waals surface area contributed by atoms with Crippen LogP contribution >= 0.6 is 11.3 Å². The highest BCUT2D eigenvalue weighted by Crippen LogP contribution is 2.37. The van der Waals surface area contributed by atoms with E-state index < -0.39 is 0 Å². The molecule has 0 aromatic carbocycles. The summed E-state index contributed by atoms with van der Waals surface area (Å²) in [6.45, 7) is 3.85. The Balaban J connectivity index is 1.34. The van der Waals surface area contributed by atoms with Crippen molar-refractivity contribution < 1.29 is 4.79 Å². The van der Waals surface area contributed by atoms with Crippen molar-refractivity contribution in [3.8, 4) is 0 Å². The first-order chi connectivity index (χ1) is 12.3. The summed E-state index contributed by atoms with van der Waals surface area (Å²) in [5.74, 6) is 0.613. The number of carbonyl (C=O) groups is 1. The lowest BCUT2D eigenvalue weighted by atomic mass is 9.97. The van der Waals surface area contributed by atoms with Crippen molar-refractivity contribution in [1.82, 2.24) is 15.1 Å². The molecule has 0 bridgehead atoms. The number of amides is 2. The number of hydrogen-bond donors (Lipinski definition) is 1. The van der Waals surface area contributed by atoms with Gasteiger partial charge in [-0.05, 0) is 43.0 Å². The molecule has 2 saturated carbocycles. The zero-order valence-corrected chi connectivity index (χ0v) is 16.0. The number of rotatable bonds is 4. The molecule has 25 heavy (non-hydrogen) atoms. The van der Waals surface area contributed by atoms with Crippen LogP contribution in [0.3, 0.4) is 0 Å². The lowest BCUT2D eigenvalue weighted by Gasteiger charge is -2.38. The Labute approximate surface area is 155 Å². The van der Waals surface area contributed by atoms with Crippen LogP contribution in [0.15, 0.2) is 17.5 Å². The fourth-order valence-electron chi connectivity index (χ4n) is 4.96. The van der Waals surface area contributed by atoms with E-state index in [0.717, 1.165) is 32.2 Å². The van der Waals surface area contributed by atoms with Crippen LogP contribution in [-0.2, 0) is 0 Å². The van der Waals surface area contributed by atoms with Crippen molar-refractivity contribution in [2.75, 3.05) is 26.2 Å². The first-order valence-corrected chi connectivity index (χ1v) is 11.0. The molecule has 1 aromatic rings. The molecule has 1 saturated heterocycles. The second-order valence-corrected chi connectivity index (χ2v) is 8.93. The molecular formula is C20H31N3OS. The molecule has 0 spiro atoms. The zero-order valence-electron chi connectivity index (χ0n) is 15.2. The maximum atomic E-state index is 12.9. The molecule has 3 fully saturated rings. The van der Waals surface area contributed by atoms with Gasteiger partial charge >= 0.3 is 6.03 Å². The second-order valence-electron chi connectivity index (χ2n) is 7.95. The third-order valence-corrected chi connectivity index (χ3v) is 7.40. The third-order valence-electron chi connectivity index (χ3n) is 6.44. The fraction of sp³-hybridized carbons (Fsp3) is 0.750. The van der Waals surface area contributed by atoms with Gasteiger partial charge in [0.1, 0.15) is 0 Å². The number of nitrogens with zero attached hydrogens (tertiary/aromatic N) is 2. The Bertz CT molecular complexity index is 541. The van der Waals surface area contributed by atoms with Crippen molar-refractivity contribution in [2.24, 2.45) is 5.92 Å². The highest BCUT2D eigenvalue weighted by atomic mass is 32.1. The normalized spacial score (nSPS) is 24.7. The number of piperazine rings is 1. The Kier molecular flexibility index (Phi) is 5.61. The molecule has 1 N–H and O–H groups in total. The van der Waals surface area contributed by atoms with Crippen LogP contribution in [0.25, 0.3) is 0 Å². The van der Waals surface area contributed by atoms with E-state index in [0.29, 0.717) is 5.92 Å².